The molecular formula is C17H10ClF2N7. The van der Waals surface area contributed by atoms with Crippen LogP contribution in [0.2, 0.25) is 5.02 Å². The predicted octanol–water partition coefficient (Wildman–Crippen LogP) is 3.30. The predicted molar refractivity (Wildman–Crippen MR) is 95.0 cm³/mol. The number of nitrogens with zero attached hydrogens (tertiary/aromatic N) is 6. The van der Waals surface area contributed by atoms with Gasteiger partial charge in [-0.1, -0.05) is 17.7 Å². The van der Waals surface area contributed by atoms with Crippen LogP contribution in [0.3, 0.4) is 0 Å². The van der Waals surface area contributed by atoms with Gasteiger partial charge in [-0.15, -0.1) is 5.10 Å². The zero-order valence-corrected chi connectivity index (χ0v) is 14.3. The number of nitrogen functional groups attached to an aromatic ring is 1. The van der Waals surface area contributed by atoms with Gasteiger partial charge in [-0.3, -0.25) is 4.98 Å². The van der Waals surface area contributed by atoms with Gasteiger partial charge in [0.2, 0.25) is 0 Å². The van der Waals surface area contributed by atoms with E-state index in [-0.39, 0.29) is 22.4 Å². The summed E-state index contributed by atoms with van der Waals surface area (Å²) in [4.78, 5) is 8.23. The third kappa shape index (κ3) is 3.08. The van der Waals surface area contributed by atoms with Crippen LogP contribution in [0.5, 0.6) is 0 Å². The Labute approximate surface area is 156 Å². The van der Waals surface area contributed by atoms with Crippen LogP contribution in [-0.2, 0) is 0 Å². The number of nitrogens with two attached hydrogens (primary N) is 1. The van der Waals surface area contributed by atoms with E-state index >= 15 is 0 Å². The molecule has 0 spiro atoms. The average Bonchev–Trinajstić information content (AvgIpc) is 3.15. The molecule has 0 bridgehead atoms. The summed E-state index contributed by atoms with van der Waals surface area (Å²) in [5, 5.41) is 11.0. The van der Waals surface area contributed by atoms with Gasteiger partial charge in [0.25, 0.3) is 0 Å². The highest BCUT2D eigenvalue weighted by molar-refractivity contribution is 6.32. The largest absolute Gasteiger partial charge is 0.383 e. The minimum absolute atomic E-state index is 0.0552. The Morgan fingerprint density at radius 1 is 1.07 bits per heavy atom. The maximum Gasteiger partial charge on any atom is 0.190 e. The minimum atomic E-state index is -0.927. The highest BCUT2D eigenvalue weighted by atomic mass is 35.5. The zero-order chi connectivity index (χ0) is 19.0. The molecule has 2 N–H and O–H groups in total. The van der Waals surface area contributed by atoms with Gasteiger partial charge in [-0.05, 0) is 22.6 Å². The lowest BCUT2D eigenvalue weighted by Gasteiger charge is -2.10. The van der Waals surface area contributed by atoms with Crippen LogP contribution in [0.4, 0.5) is 14.6 Å². The number of hydrogen-bond acceptors (Lipinski definition) is 6. The Balaban J connectivity index is 1.89. The van der Waals surface area contributed by atoms with Crippen molar-refractivity contribution in [3.8, 4) is 28.2 Å². The molecule has 0 saturated heterocycles. The summed E-state index contributed by atoms with van der Waals surface area (Å²) in [5.74, 6) is -1.46. The number of anilines is 1. The Morgan fingerprint density at radius 3 is 2.70 bits per heavy atom. The van der Waals surface area contributed by atoms with Gasteiger partial charge >= 0.3 is 0 Å². The molecule has 0 unspecified atom stereocenters. The molecule has 3 heterocycles. The number of hydrogen-bond donors (Lipinski definition) is 1. The molecule has 0 aliphatic rings. The molecule has 10 heteroatoms. The number of pyridine rings is 2. The van der Waals surface area contributed by atoms with Crippen LogP contribution < -0.4 is 5.73 Å². The van der Waals surface area contributed by atoms with E-state index in [9.17, 15) is 8.78 Å². The Morgan fingerprint density at radius 2 is 1.93 bits per heavy atom. The van der Waals surface area contributed by atoms with E-state index in [1.54, 1.807) is 30.7 Å². The van der Waals surface area contributed by atoms with Gasteiger partial charge in [-0.2, -0.15) is 4.68 Å². The third-order valence-corrected chi connectivity index (χ3v) is 4.20. The lowest BCUT2D eigenvalue weighted by molar-refractivity contribution is 0.580. The molecule has 0 saturated carbocycles. The second-order valence-electron chi connectivity index (χ2n) is 5.53. The number of benzene rings is 1. The second kappa shape index (κ2) is 6.69. The molecular weight excluding hydrogens is 376 g/mol. The Kier molecular flexibility index (Phi) is 4.21. The first-order chi connectivity index (χ1) is 13.0. The first-order valence-electron chi connectivity index (χ1n) is 7.64. The van der Waals surface area contributed by atoms with Crippen molar-refractivity contribution >= 4 is 17.4 Å². The zero-order valence-electron chi connectivity index (χ0n) is 13.5. The van der Waals surface area contributed by atoms with Crippen molar-refractivity contribution in [2.45, 2.75) is 0 Å². The minimum Gasteiger partial charge on any atom is -0.383 e. The summed E-state index contributed by atoms with van der Waals surface area (Å²) >= 11 is 5.97. The summed E-state index contributed by atoms with van der Waals surface area (Å²) in [5.41, 5.74) is 7.83. The van der Waals surface area contributed by atoms with E-state index in [0.29, 0.717) is 11.6 Å². The summed E-state index contributed by atoms with van der Waals surface area (Å²) in [6.07, 6.45) is 4.90. The molecule has 0 amide bonds. The van der Waals surface area contributed by atoms with Gasteiger partial charge < -0.3 is 5.73 Å². The van der Waals surface area contributed by atoms with Crippen LogP contribution in [0.1, 0.15) is 0 Å². The summed E-state index contributed by atoms with van der Waals surface area (Å²) in [6.45, 7) is 0. The van der Waals surface area contributed by atoms with Gasteiger partial charge in [0, 0.05) is 41.9 Å². The summed E-state index contributed by atoms with van der Waals surface area (Å²) < 4.78 is 28.6. The van der Waals surface area contributed by atoms with Crippen molar-refractivity contribution < 1.29 is 8.78 Å². The fraction of sp³-hybridized carbons (Fsp3) is 0. The molecule has 7 nitrogen and oxygen atoms in total. The number of rotatable bonds is 3. The van der Waals surface area contributed by atoms with Gasteiger partial charge in [0.05, 0.1) is 11.3 Å². The second-order valence-corrected chi connectivity index (χ2v) is 5.91. The molecule has 27 heavy (non-hydrogen) atoms. The van der Waals surface area contributed by atoms with E-state index in [1.165, 1.54) is 0 Å². The Hall–Kier alpha value is -3.46. The molecule has 134 valence electrons. The van der Waals surface area contributed by atoms with Crippen molar-refractivity contribution in [2.75, 3.05) is 5.73 Å². The highest BCUT2D eigenvalue weighted by Crippen LogP contribution is 2.31. The first kappa shape index (κ1) is 17.0. The van der Waals surface area contributed by atoms with Crippen molar-refractivity contribution in [3.63, 3.8) is 0 Å². The van der Waals surface area contributed by atoms with E-state index in [4.69, 9.17) is 17.3 Å². The third-order valence-electron chi connectivity index (χ3n) is 3.83. The maximum atomic E-state index is 13.8. The van der Waals surface area contributed by atoms with E-state index in [0.717, 1.165) is 21.9 Å². The van der Waals surface area contributed by atoms with Crippen LogP contribution in [0.25, 0.3) is 28.2 Å². The fourth-order valence-corrected chi connectivity index (χ4v) is 2.75. The standard InChI is InChI=1S/C17H10ClF2N7/c18-15-13(20)5-11(19)6-14(15)27-17(24-25-26-27)12-4-10(8-23-16(12)21)9-2-1-3-22-7-9/h1-8H,(H2,21,23). The van der Waals surface area contributed by atoms with Crippen molar-refractivity contribution in [2.24, 2.45) is 0 Å². The molecule has 0 aliphatic heterocycles. The fourth-order valence-electron chi connectivity index (χ4n) is 2.56. The lowest BCUT2D eigenvalue weighted by atomic mass is 10.1. The number of tetrazole rings is 1. The first-order valence-corrected chi connectivity index (χ1v) is 8.02. The van der Waals surface area contributed by atoms with E-state index < -0.39 is 11.6 Å². The molecule has 0 radical (unpaired) electrons. The SMILES string of the molecule is Nc1ncc(-c2cccnc2)cc1-c1nnnn1-c1cc(F)cc(F)c1Cl. The lowest BCUT2D eigenvalue weighted by Crippen LogP contribution is -2.05. The molecule has 0 aliphatic carbocycles. The van der Waals surface area contributed by atoms with Crippen LogP contribution >= 0.6 is 11.6 Å². The van der Waals surface area contributed by atoms with Gasteiger partial charge in [0.15, 0.2) is 5.82 Å². The van der Waals surface area contributed by atoms with Crippen molar-refractivity contribution in [1.29, 1.82) is 0 Å². The number of halogens is 3. The maximum absolute atomic E-state index is 13.8. The van der Waals surface area contributed by atoms with Gasteiger partial charge in [-0.25, -0.2) is 13.8 Å². The topological polar surface area (TPSA) is 95.4 Å². The summed E-state index contributed by atoms with van der Waals surface area (Å²) in [6, 6.07) is 7.05. The molecule has 3 aromatic heterocycles. The molecule has 4 rings (SSSR count). The average molecular weight is 386 g/mol. The smallest absolute Gasteiger partial charge is 0.190 e. The quantitative estimate of drug-likeness (QED) is 0.544. The van der Waals surface area contributed by atoms with Crippen LogP contribution in [-0.4, -0.2) is 30.2 Å². The number of aromatic nitrogens is 6. The van der Waals surface area contributed by atoms with Crippen LogP contribution in [0.15, 0.2) is 48.9 Å². The summed E-state index contributed by atoms with van der Waals surface area (Å²) in [7, 11) is 0. The van der Waals surface area contributed by atoms with Gasteiger partial charge in [0.1, 0.15) is 22.5 Å². The monoisotopic (exact) mass is 385 g/mol. The molecule has 0 fully saturated rings. The highest BCUT2D eigenvalue weighted by Gasteiger charge is 2.20. The van der Waals surface area contributed by atoms with E-state index in [2.05, 4.69) is 25.5 Å². The normalized spacial score (nSPS) is 10.9. The van der Waals surface area contributed by atoms with Crippen molar-refractivity contribution in [1.82, 2.24) is 30.2 Å². The molecule has 1 aromatic carbocycles. The molecule has 4 aromatic rings. The Bertz CT molecular complexity index is 1130. The molecule has 0 atom stereocenters. The van der Waals surface area contributed by atoms with E-state index in [1.807, 2.05) is 6.07 Å². The van der Waals surface area contributed by atoms with Crippen molar-refractivity contribution in [3.05, 3.63) is 65.6 Å². The van der Waals surface area contributed by atoms with Crippen LogP contribution in [0, 0.1) is 11.6 Å².